The maximum absolute atomic E-state index is 6.37. The van der Waals surface area contributed by atoms with Gasteiger partial charge >= 0.3 is 0 Å². The second-order valence-electron chi connectivity index (χ2n) is 6.27. The highest BCUT2D eigenvalue weighted by molar-refractivity contribution is 8.21. The molecule has 2 aromatic carbocycles. The van der Waals surface area contributed by atoms with Gasteiger partial charge in [-0.1, -0.05) is 72.5 Å². The standard InChI is InChI=1S/C20H24N2PS/c1-16-17(2)22(4)20(21(16)3)15-23(24,18-11-7-5-8-12-18)19-13-9-6-10-14-19/h5-14H,15H2,1-4H3/q+1. The van der Waals surface area contributed by atoms with E-state index in [1.807, 2.05) is 0 Å². The molecule has 3 rings (SSSR count). The quantitative estimate of drug-likeness (QED) is 0.516. The summed E-state index contributed by atoms with van der Waals surface area (Å²) < 4.78 is 4.59. The molecule has 0 spiro atoms. The summed E-state index contributed by atoms with van der Waals surface area (Å²) in [4.78, 5) is 0. The fourth-order valence-corrected chi connectivity index (χ4v) is 7.05. The minimum atomic E-state index is -1.91. The molecule has 0 saturated heterocycles. The average molecular weight is 355 g/mol. The van der Waals surface area contributed by atoms with Crippen molar-refractivity contribution in [2.75, 3.05) is 0 Å². The van der Waals surface area contributed by atoms with Gasteiger partial charge in [-0.05, 0) is 10.6 Å². The van der Waals surface area contributed by atoms with Gasteiger partial charge in [-0.2, -0.15) is 0 Å². The maximum Gasteiger partial charge on any atom is 0.262 e. The molecule has 0 aliphatic heterocycles. The van der Waals surface area contributed by atoms with Gasteiger partial charge in [0.2, 0.25) is 0 Å². The largest absolute Gasteiger partial charge is 0.262 e. The Morgan fingerprint density at radius 3 is 1.75 bits per heavy atom. The zero-order chi connectivity index (χ0) is 17.3. The molecule has 0 bridgehead atoms. The van der Waals surface area contributed by atoms with Crippen molar-refractivity contribution in [3.63, 3.8) is 0 Å². The number of hydrogen-bond acceptors (Lipinski definition) is 1. The maximum atomic E-state index is 6.37. The summed E-state index contributed by atoms with van der Waals surface area (Å²) in [5.41, 5.74) is 2.60. The first-order valence-electron chi connectivity index (χ1n) is 8.16. The molecule has 0 fully saturated rings. The van der Waals surface area contributed by atoms with Crippen molar-refractivity contribution in [2.24, 2.45) is 14.1 Å². The molecule has 0 radical (unpaired) electrons. The number of aromatic nitrogens is 2. The van der Waals surface area contributed by atoms with Crippen molar-refractivity contribution in [3.05, 3.63) is 77.9 Å². The molecule has 1 heterocycles. The van der Waals surface area contributed by atoms with E-state index in [2.05, 4.69) is 97.7 Å². The third-order valence-corrected chi connectivity index (χ3v) is 9.66. The summed E-state index contributed by atoms with van der Waals surface area (Å²) in [6, 6.07) is 19.4. The van der Waals surface area contributed by atoms with E-state index < -0.39 is 6.04 Å². The predicted octanol–water partition coefficient (Wildman–Crippen LogP) is 3.10. The molecule has 0 aliphatic carbocycles. The molecule has 3 aromatic rings. The smallest absolute Gasteiger partial charge is 0.234 e. The van der Waals surface area contributed by atoms with E-state index in [0.717, 1.165) is 6.16 Å². The summed E-state index contributed by atoms with van der Waals surface area (Å²) in [7, 11) is 4.29. The molecule has 24 heavy (non-hydrogen) atoms. The Balaban J connectivity index is 2.18. The summed E-state index contributed by atoms with van der Waals surface area (Å²) in [5, 5.41) is 2.56. The lowest BCUT2D eigenvalue weighted by Crippen LogP contribution is -2.36. The summed E-state index contributed by atoms with van der Waals surface area (Å²) in [6.45, 7) is 4.35. The van der Waals surface area contributed by atoms with Crippen LogP contribution < -0.4 is 15.2 Å². The summed E-state index contributed by atoms with van der Waals surface area (Å²) in [6.07, 6.45) is 0.887. The molecule has 0 atom stereocenters. The Kier molecular flexibility index (Phi) is 4.76. The Hall–Kier alpha value is -1.70. The van der Waals surface area contributed by atoms with Crippen LogP contribution in [0.2, 0.25) is 0 Å². The number of hydrogen-bond donors (Lipinski definition) is 0. The van der Waals surface area contributed by atoms with E-state index in [1.165, 1.54) is 27.8 Å². The summed E-state index contributed by atoms with van der Waals surface area (Å²) >= 11 is 6.37. The zero-order valence-corrected chi connectivity index (χ0v) is 16.4. The first kappa shape index (κ1) is 17.1. The van der Waals surface area contributed by atoms with Crippen LogP contribution in [0.25, 0.3) is 0 Å². The highest BCUT2D eigenvalue weighted by atomic mass is 32.4. The number of benzene rings is 2. The lowest BCUT2D eigenvalue weighted by molar-refractivity contribution is -0.683. The molecular weight excluding hydrogens is 331 g/mol. The minimum Gasteiger partial charge on any atom is -0.234 e. The highest BCUT2D eigenvalue weighted by Gasteiger charge is 2.30. The monoisotopic (exact) mass is 355 g/mol. The Bertz CT molecular complexity index is 829. The Morgan fingerprint density at radius 2 is 1.38 bits per heavy atom. The predicted molar refractivity (Wildman–Crippen MR) is 106 cm³/mol. The fraction of sp³-hybridized carbons (Fsp3) is 0.250. The van der Waals surface area contributed by atoms with E-state index >= 15 is 0 Å². The van der Waals surface area contributed by atoms with Crippen LogP contribution >= 0.6 is 6.04 Å². The van der Waals surface area contributed by atoms with Crippen LogP contribution in [0.4, 0.5) is 0 Å². The first-order chi connectivity index (χ1) is 11.4. The number of rotatable bonds is 4. The molecule has 0 saturated carbocycles. The van der Waals surface area contributed by atoms with Gasteiger partial charge in [-0.15, -0.1) is 0 Å². The van der Waals surface area contributed by atoms with Gasteiger partial charge < -0.3 is 0 Å². The second-order valence-corrected chi connectivity index (χ2v) is 11.0. The molecule has 0 unspecified atom stereocenters. The third-order valence-electron chi connectivity index (χ3n) is 5.01. The molecule has 124 valence electrons. The molecule has 2 nitrogen and oxygen atoms in total. The average Bonchev–Trinajstić information content (AvgIpc) is 2.81. The van der Waals surface area contributed by atoms with E-state index in [9.17, 15) is 0 Å². The van der Waals surface area contributed by atoms with Crippen LogP contribution in [0.3, 0.4) is 0 Å². The van der Waals surface area contributed by atoms with Crippen LogP contribution in [-0.2, 0) is 32.1 Å². The van der Waals surface area contributed by atoms with Gasteiger partial charge in [0.15, 0.2) is 0 Å². The lowest BCUT2D eigenvalue weighted by atomic mass is 10.4. The van der Waals surface area contributed by atoms with E-state index in [-0.39, 0.29) is 0 Å². The van der Waals surface area contributed by atoms with Gasteiger partial charge in [-0.3, -0.25) is 0 Å². The van der Waals surface area contributed by atoms with Crippen molar-refractivity contribution in [3.8, 4) is 0 Å². The van der Waals surface area contributed by atoms with Gasteiger partial charge in [0.05, 0.1) is 20.3 Å². The molecular formula is C20H24N2PS+. The van der Waals surface area contributed by atoms with Crippen molar-refractivity contribution in [1.29, 1.82) is 0 Å². The third kappa shape index (κ3) is 2.87. The number of imidazole rings is 1. The van der Waals surface area contributed by atoms with E-state index in [4.69, 9.17) is 11.8 Å². The minimum absolute atomic E-state index is 0.887. The van der Waals surface area contributed by atoms with Crippen molar-refractivity contribution < 1.29 is 4.57 Å². The first-order valence-corrected chi connectivity index (χ1v) is 11.1. The van der Waals surface area contributed by atoms with Gasteiger partial charge in [-0.25, -0.2) is 9.13 Å². The van der Waals surface area contributed by atoms with Crippen LogP contribution in [0, 0.1) is 13.8 Å². The Labute approximate surface area is 149 Å². The fourth-order valence-electron chi connectivity index (χ4n) is 3.18. The van der Waals surface area contributed by atoms with Crippen LogP contribution in [0.1, 0.15) is 17.2 Å². The number of nitrogens with zero attached hydrogens (tertiary/aromatic N) is 2. The molecule has 0 aliphatic rings. The van der Waals surface area contributed by atoms with E-state index in [1.54, 1.807) is 0 Å². The van der Waals surface area contributed by atoms with Crippen LogP contribution in [-0.4, -0.2) is 4.57 Å². The topological polar surface area (TPSA) is 8.81 Å². The van der Waals surface area contributed by atoms with E-state index in [0.29, 0.717) is 0 Å². The summed E-state index contributed by atoms with van der Waals surface area (Å²) in [5.74, 6) is 1.29. The van der Waals surface area contributed by atoms with Gasteiger partial charge in [0.1, 0.15) is 11.4 Å². The van der Waals surface area contributed by atoms with Crippen LogP contribution in [0.15, 0.2) is 60.7 Å². The zero-order valence-electron chi connectivity index (χ0n) is 14.7. The second kappa shape index (κ2) is 6.66. The van der Waals surface area contributed by atoms with Gasteiger partial charge in [0.25, 0.3) is 5.82 Å². The van der Waals surface area contributed by atoms with Crippen molar-refractivity contribution in [1.82, 2.24) is 4.57 Å². The molecule has 0 amide bonds. The van der Waals surface area contributed by atoms with Gasteiger partial charge in [0, 0.05) is 19.9 Å². The molecule has 4 heteroatoms. The Morgan fingerprint density at radius 1 is 0.917 bits per heavy atom. The molecule has 1 aromatic heterocycles. The van der Waals surface area contributed by atoms with Crippen molar-refractivity contribution in [2.45, 2.75) is 20.0 Å². The molecule has 0 N–H and O–H groups in total. The van der Waals surface area contributed by atoms with Crippen LogP contribution in [0.5, 0.6) is 0 Å². The lowest BCUT2D eigenvalue weighted by Gasteiger charge is -2.22. The SMILES string of the molecule is Cc1c(C)[n+](C)c(CP(=S)(c2ccccc2)c2ccccc2)n1C. The highest BCUT2D eigenvalue weighted by Crippen LogP contribution is 2.46. The normalized spacial score (nSPS) is 11.7. The van der Waals surface area contributed by atoms with Crippen molar-refractivity contribution >= 4 is 28.5 Å².